The second kappa shape index (κ2) is 3.49. The number of rotatable bonds is 4. The van der Waals surface area contributed by atoms with E-state index in [4.69, 9.17) is 5.84 Å². The van der Waals surface area contributed by atoms with E-state index in [1.165, 1.54) is 6.42 Å². The molecule has 2 unspecified atom stereocenters. The summed E-state index contributed by atoms with van der Waals surface area (Å²) in [7, 11) is 0. The minimum absolute atomic E-state index is 0.424. The summed E-state index contributed by atoms with van der Waals surface area (Å²) in [5.74, 6) is 7.04. The third-order valence-corrected chi connectivity index (χ3v) is 4.94. The van der Waals surface area contributed by atoms with Gasteiger partial charge in [-0.1, -0.05) is 48.0 Å². The van der Waals surface area contributed by atoms with E-state index >= 15 is 0 Å². The summed E-state index contributed by atoms with van der Waals surface area (Å²) in [6.45, 7) is 13.9. The molecular weight excluding hydrogens is 172 g/mol. The van der Waals surface area contributed by atoms with E-state index in [9.17, 15) is 0 Å². The maximum atomic E-state index is 5.68. The van der Waals surface area contributed by atoms with Crippen molar-refractivity contribution >= 4 is 0 Å². The van der Waals surface area contributed by atoms with Crippen LogP contribution in [0.25, 0.3) is 0 Å². The van der Waals surface area contributed by atoms with Gasteiger partial charge in [-0.15, -0.1) is 0 Å². The summed E-state index contributed by atoms with van der Waals surface area (Å²) in [6, 6.07) is 0.463. The van der Waals surface area contributed by atoms with Crippen LogP contribution in [0.5, 0.6) is 0 Å². The quantitative estimate of drug-likeness (QED) is 0.538. The van der Waals surface area contributed by atoms with Crippen molar-refractivity contribution in [3.63, 3.8) is 0 Å². The van der Waals surface area contributed by atoms with Gasteiger partial charge in [0.1, 0.15) is 0 Å². The molecule has 2 nitrogen and oxygen atoms in total. The molecule has 1 saturated carbocycles. The normalized spacial score (nSPS) is 28.5. The van der Waals surface area contributed by atoms with Crippen molar-refractivity contribution in [3.05, 3.63) is 0 Å². The first-order valence-electron chi connectivity index (χ1n) is 5.76. The zero-order valence-corrected chi connectivity index (χ0v) is 10.5. The Morgan fingerprint density at radius 1 is 1.21 bits per heavy atom. The summed E-state index contributed by atoms with van der Waals surface area (Å²) in [6.07, 6.45) is 1.19. The van der Waals surface area contributed by atoms with Crippen molar-refractivity contribution in [2.45, 2.75) is 54.0 Å². The van der Waals surface area contributed by atoms with Gasteiger partial charge in [0.05, 0.1) is 0 Å². The Bertz CT molecular complexity index is 194. The second-order valence-electron chi connectivity index (χ2n) is 6.00. The standard InChI is InChI=1S/C12H26N2/c1-7-8(2)9(14-13)10-11(3,4)12(10,5)6/h8-10,14H,7,13H2,1-6H3. The molecule has 2 heteroatoms. The van der Waals surface area contributed by atoms with Crippen LogP contribution < -0.4 is 11.3 Å². The molecule has 3 N–H and O–H groups in total. The predicted octanol–water partition coefficient (Wildman–Crippen LogP) is 2.55. The average Bonchev–Trinajstić information content (AvgIpc) is 2.48. The van der Waals surface area contributed by atoms with Gasteiger partial charge >= 0.3 is 0 Å². The molecule has 0 saturated heterocycles. The van der Waals surface area contributed by atoms with Gasteiger partial charge in [0.2, 0.25) is 0 Å². The smallest absolute Gasteiger partial charge is 0.0274 e. The fraction of sp³-hybridized carbons (Fsp3) is 1.00. The van der Waals surface area contributed by atoms with Gasteiger partial charge < -0.3 is 0 Å². The van der Waals surface area contributed by atoms with Crippen LogP contribution in [0, 0.1) is 22.7 Å². The number of nitrogens with two attached hydrogens (primary N) is 1. The van der Waals surface area contributed by atoms with Gasteiger partial charge in [-0.3, -0.25) is 11.3 Å². The Morgan fingerprint density at radius 2 is 1.64 bits per heavy atom. The first-order chi connectivity index (χ1) is 6.30. The first-order valence-corrected chi connectivity index (χ1v) is 5.76. The third kappa shape index (κ3) is 1.49. The molecule has 0 aromatic rings. The lowest BCUT2D eigenvalue weighted by Gasteiger charge is -2.24. The van der Waals surface area contributed by atoms with Crippen LogP contribution in [0.4, 0.5) is 0 Å². The highest BCUT2D eigenvalue weighted by Gasteiger charge is 2.67. The zero-order chi connectivity index (χ0) is 11.1. The van der Waals surface area contributed by atoms with Crippen LogP contribution in [0.2, 0.25) is 0 Å². The topological polar surface area (TPSA) is 38.0 Å². The fourth-order valence-electron chi connectivity index (χ4n) is 2.99. The van der Waals surface area contributed by atoms with Crippen LogP contribution in [-0.4, -0.2) is 6.04 Å². The van der Waals surface area contributed by atoms with Gasteiger partial charge in [-0.05, 0) is 22.7 Å². The van der Waals surface area contributed by atoms with Crippen molar-refractivity contribution in [3.8, 4) is 0 Å². The van der Waals surface area contributed by atoms with E-state index < -0.39 is 0 Å². The summed E-state index contributed by atoms with van der Waals surface area (Å²) in [5, 5.41) is 0. The molecule has 0 spiro atoms. The van der Waals surface area contributed by atoms with Crippen molar-refractivity contribution in [2.75, 3.05) is 0 Å². The number of nitrogens with one attached hydrogen (secondary N) is 1. The van der Waals surface area contributed by atoms with E-state index in [1.807, 2.05) is 0 Å². The van der Waals surface area contributed by atoms with E-state index in [1.54, 1.807) is 0 Å². The molecule has 0 aromatic heterocycles. The molecular formula is C12H26N2. The first kappa shape index (κ1) is 12.0. The maximum absolute atomic E-state index is 5.68. The Balaban J connectivity index is 2.75. The molecule has 0 aromatic carbocycles. The molecule has 0 amide bonds. The van der Waals surface area contributed by atoms with Gasteiger partial charge in [-0.2, -0.15) is 0 Å². The molecule has 1 aliphatic rings. The summed E-state index contributed by atoms with van der Waals surface area (Å²) in [5.41, 5.74) is 3.87. The summed E-state index contributed by atoms with van der Waals surface area (Å²) in [4.78, 5) is 0. The van der Waals surface area contributed by atoms with Gasteiger partial charge in [0, 0.05) is 6.04 Å². The molecule has 1 fully saturated rings. The Kier molecular flexibility index (Phi) is 2.99. The molecule has 0 heterocycles. The number of hydrogen-bond acceptors (Lipinski definition) is 2. The van der Waals surface area contributed by atoms with E-state index in [0.29, 0.717) is 28.7 Å². The van der Waals surface area contributed by atoms with Crippen molar-refractivity contribution < 1.29 is 0 Å². The molecule has 1 rings (SSSR count). The second-order valence-corrected chi connectivity index (χ2v) is 6.00. The highest BCUT2D eigenvalue weighted by Crippen LogP contribution is 2.70. The molecule has 84 valence electrons. The van der Waals surface area contributed by atoms with Crippen molar-refractivity contribution in [1.82, 2.24) is 5.43 Å². The minimum atomic E-state index is 0.424. The lowest BCUT2D eigenvalue weighted by atomic mass is 9.91. The number of hydrazine groups is 1. The molecule has 2 atom stereocenters. The van der Waals surface area contributed by atoms with Crippen molar-refractivity contribution in [2.24, 2.45) is 28.5 Å². The van der Waals surface area contributed by atoms with Gasteiger partial charge in [-0.25, -0.2) is 0 Å². The molecule has 0 bridgehead atoms. The molecule has 1 aliphatic carbocycles. The van der Waals surface area contributed by atoms with Gasteiger partial charge in [0.15, 0.2) is 0 Å². The minimum Gasteiger partial charge on any atom is -0.271 e. The summed E-state index contributed by atoms with van der Waals surface area (Å²) >= 11 is 0. The fourth-order valence-corrected chi connectivity index (χ4v) is 2.99. The highest BCUT2D eigenvalue weighted by atomic mass is 15.2. The van der Waals surface area contributed by atoms with Crippen molar-refractivity contribution in [1.29, 1.82) is 0 Å². The number of hydrogen-bond donors (Lipinski definition) is 2. The van der Waals surface area contributed by atoms with Crippen LogP contribution >= 0.6 is 0 Å². The Morgan fingerprint density at radius 3 is 1.86 bits per heavy atom. The zero-order valence-electron chi connectivity index (χ0n) is 10.5. The van der Waals surface area contributed by atoms with E-state index in [2.05, 4.69) is 47.0 Å². The highest BCUT2D eigenvalue weighted by molar-refractivity contribution is 5.16. The molecule has 14 heavy (non-hydrogen) atoms. The molecule has 0 radical (unpaired) electrons. The van der Waals surface area contributed by atoms with Gasteiger partial charge in [0.25, 0.3) is 0 Å². The third-order valence-electron chi connectivity index (χ3n) is 4.94. The molecule has 0 aliphatic heterocycles. The summed E-state index contributed by atoms with van der Waals surface area (Å²) < 4.78 is 0. The largest absolute Gasteiger partial charge is 0.271 e. The van der Waals surface area contributed by atoms with E-state index in [-0.39, 0.29) is 0 Å². The predicted molar refractivity (Wildman–Crippen MR) is 61.6 cm³/mol. The average molecular weight is 198 g/mol. The van der Waals surface area contributed by atoms with Crippen LogP contribution in [0.15, 0.2) is 0 Å². The maximum Gasteiger partial charge on any atom is 0.0274 e. The lowest BCUT2D eigenvalue weighted by Crippen LogP contribution is -2.43. The van der Waals surface area contributed by atoms with Crippen LogP contribution in [-0.2, 0) is 0 Å². The Labute approximate surface area is 88.6 Å². The Hall–Kier alpha value is -0.0800. The van der Waals surface area contributed by atoms with Crippen LogP contribution in [0.1, 0.15) is 48.0 Å². The SMILES string of the molecule is CCC(C)C(NN)C1C(C)(C)C1(C)C. The lowest BCUT2D eigenvalue weighted by molar-refractivity contribution is 0.297. The monoisotopic (exact) mass is 198 g/mol. The van der Waals surface area contributed by atoms with Crippen LogP contribution in [0.3, 0.4) is 0 Å². The van der Waals surface area contributed by atoms with E-state index in [0.717, 1.165) is 0 Å².